The molecule has 130 valence electrons. The lowest BCUT2D eigenvalue weighted by molar-refractivity contribution is 0.414. The van der Waals surface area contributed by atoms with Gasteiger partial charge in [-0.3, -0.25) is 0 Å². The zero-order chi connectivity index (χ0) is 18.7. The van der Waals surface area contributed by atoms with Gasteiger partial charge < -0.3 is 9.30 Å². The molecule has 26 heavy (non-hydrogen) atoms. The van der Waals surface area contributed by atoms with Gasteiger partial charge in [-0.25, -0.2) is 0 Å². The number of aryl methyl sites for hydroxylation is 1. The number of aromatic nitrogens is 1. The van der Waals surface area contributed by atoms with E-state index in [1.54, 1.807) is 13.2 Å². The van der Waals surface area contributed by atoms with E-state index >= 15 is 0 Å². The van der Waals surface area contributed by atoms with Gasteiger partial charge in [0.15, 0.2) is 0 Å². The molecule has 3 aromatic rings. The zero-order valence-electron chi connectivity index (χ0n) is 15.0. The van der Waals surface area contributed by atoms with Crippen LogP contribution in [0, 0.1) is 25.2 Å². The van der Waals surface area contributed by atoms with Crippen molar-refractivity contribution in [3.63, 3.8) is 0 Å². The van der Waals surface area contributed by atoms with Crippen LogP contribution in [0.2, 0.25) is 5.02 Å². The minimum Gasteiger partial charge on any atom is -0.497 e. The Labute approximate surface area is 158 Å². The normalized spacial score (nSPS) is 11.3. The third-order valence-electron chi connectivity index (χ3n) is 4.39. The van der Waals surface area contributed by atoms with Crippen molar-refractivity contribution in [2.45, 2.75) is 13.8 Å². The van der Waals surface area contributed by atoms with Gasteiger partial charge >= 0.3 is 0 Å². The lowest BCUT2D eigenvalue weighted by atomic mass is 10.0. The average Bonchev–Trinajstić information content (AvgIpc) is 2.94. The van der Waals surface area contributed by atoms with Gasteiger partial charge in [-0.05, 0) is 61.9 Å². The molecule has 3 nitrogen and oxygen atoms in total. The Balaban J connectivity index is 2.07. The summed E-state index contributed by atoms with van der Waals surface area (Å²) in [5.41, 5.74) is 5.49. The summed E-state index contributed by atoms with van der Waals surface area (Å²) in [6.45, 7) is 4.10. The van der Waals surface area contributed by atoms with Crippen molar-refractivity contribution in [2.75, 3.05) is 7.11 Å². The van der Waals surface area contributed by atoms with Gasteiger partial charge in [-0.15, -0.1) is 0 Å². The van der Waals surface area contributed by atoms with Crippen molar-refractivity contribution < 1.29 is 4.74 Å². The zero-order valence-corrected chi connectivity index (χ0v) is 15.7. The van der Waals surface area contributed by atoms with Crippen molar-refractivity contribution >= 4 is 23.3 Å². The second-order valence-corrected chi connectivity index (χ2v) is 6.42. The Morgan fingerprint density at radius 3 is 2.42 bits per heavy atom. The Hall–Kier alpha value is -2.96. The van der Waals surface area contributed by atoms with E-state index in [1.807, 2.05) is 55.5 Å². The predicted molar refractivity (Wildman–Crippen MR) is 107 cm³/mol. The van der Waals surface area contributed by atoms with Gasteiger partial charge in [-0.1, -0.05) is 29.8 Å². The van der Waals surface area contributed by atoms with Crippen LogP contribution in [0.5, 0.6) is 5.75 Å². The highest BCUT2D eigenvalue weighted by molar-refractivity contribution is 6.32. The average molecular weight is 363 g/mol. The highest BCUT2D eigenvalue weighted by atomic mass is 35.5. The lowest BCUT2D eigenvalue weighted by Crippen LogP contribution is -1.99. The number of halogens is 1. The molecule has 0 saturated carbocycles. The number of hydrogen-bond acceptors (Lipinski definition) is 2. The second-order valence-electron chi connectivity index (χ2n) is 6.01. The SMILES string of the molecule is COc1ccc(-n2c(C)cc(C=C(C#N)c3ccccc3Cl)c2C)cc1. The molecule has 0 N–H and O–H groups in total. The smallest absolute Gasteiger partial charge is 0.119 e. The van der Waals surface area contributed by atoms with E-state index in [0.717, 1.165) is 34.0 Å². The topological polar surface area (TPSA) is 38.0 Å². The van der Waals surface area contributed by atoms with E-state index in [2.05, 4.69) is 23.6 Å². The molecule has 3 rings (SSSR count). The summed E-state index contributed by atoms with van der Waals surface area (Å²) < 4.78 is 7.39. The number of methoxy groups -OCH3 is 1. The van der Waals surface area contributed by atoms with Crippen LogP contribution in [0.25, 0.3) is 17.3 Å². The lowest BCUT2D eigenvalue weighted by Gasteiger charge is -2.10. The fourth-order valence-electron chi connectivity index (χ4n) is 3.07. The van der Waals surface area contributed by atoms with Gasteiger partial charge in [-0.2, -0.15) is 5.26 Å². The summed E-state index contributed by atoms with van der Waals surface area (Å²) in [5.74, 6) is 0.821. The number of ether oxygens (including phenoxy) is 1. The number of allylic oxidation sites excluding steroid dienone is 1. The third kappa shape index (κ3) is 3.37. The minimum atomic E-state index is 0.547. The van der Waals surface area contributed by atoms with Crippen molar-refractivity contribution in [2.24, 2.45) is 0 Å². The largest absolute Gasteiger partial charge is 0.497 e. The van der Waals surface area contributed by atoms with Crippen molar-refractivity contribution in [3.8, 4) is 17.5 Å². The second kappa shape index (κ2) is 7.51. The first-order valence-electron chi connectivity index (χ1n) is 8.25. The van der Waals surface area contributed by atoms with Crippen molar-refractivity contribution in [1.29, 1.82) is 5.26 Å². The number of hydrogen-bond donors (Lipinski definition) is 0. The van der Waals surface area contributed by atoms with E-state index in [0.29, 0.717) is 10.6 Å². The third-order valence-corrected chi connectivity index (χ3v) is 4.71. The molecule has 0 amide bonds. The van der Waals surface area contributed by atoms with E-state index in [-0.39, 0.29) is 0 Å². The van der Waals surface area contributed by atoms with Gasteiger partial charge in [0.2, 0.25) is 0 Å². The van der Waals surface area contributed by atoms with Crippen LogP contribution in [0.1, 0.15) is 22.5 Å². The molecule has 0 aliphatic heterocycles. The molecule has 0 fully saturated rings. The first-order chi connectivity index (χ1) is 12.5. The molecule has 0 radical (unpaired) electrons. The van der Waals surface area contributed by atoms with Crippen LogP contribution in [0.3, 0.4) is 0 Å². The highest BCUT2D eigenvalue weighted by Crippen LogP contribution is 2.28. The number of rotatable bonds is 4. The molecule has 0 spiro atoms. The quantitative estimate of drug-likeness (QED) is 0.548. The van der Waals surface area contributed by atoms with Crippen LogP contribution in [0.4, 0.5) is 0 Å². The predicted octanol–water partition coefficient (Wildman–Crippen LogP) is 5.82. The van der Waals surface area contributed by atoms with E-state index in [4.69, 9.17) is 16.3 Å². The summed E-state index contributed by atoms with van der Waals surface area (Å²) in [6, 6.07) is 19.7. The molecular weight excluding hydrogens is 344 g/mol. The molecule has 0 aliphatic carbocycles. The maximum atomic E-state index is 9.61. The molecule has 0 saturated heterocycles. The Morgan fingerprint density at radius 2 is 1.81 bits per heavy atom. The van der Waals surface area contributed by atoms with Crippen LogP contribution < -0.4 is 4.74 Å². The maximum Gasteiger partial charge on any atom is 0.119 e. The van der Waals surface area contributed by atoms with E-state index in [9.17, 15) is 5.26 Å². The van der Waals surface area contributed by atoms with Crippen molar-refractivity contribution in [1.82, 2.24) is 4.57 Å². The van der Waals surface area contributed by atoms with Gasteiger partial charge in [0.25, 0.3) is 0 Å². The minimum absolute atomic E-state index is 0.547. The number of nitrogens with zero attached hydrogens (tertiary/aromatic N) is 2. The summed E-state index contributed by atoms with van der Waals surface area (Å²) in [4.78, 5) is 0. The molecule has 1 heterocycles. The standard InChI is InChI=1S/C22H19ClN2O/c1-15-12-17(13-18(14-24)21-6-4-5-7-22(21)23)16(2)25(15)19-8-10-20(26-3)11-9-19/h4-13H,1-3H3. The molecule has 2 aromatic carbocycles. The van der Waals surface area contributed by atoms with Gasteiger partial charge in [0.05, 0.1) is 18.8 Å². The van der Waals surface area contributed by atoms with Crippen LogP contribution in [-0.2, 0) is 0 Å². The Morgan fingerprint density at radius 1 is 1.12 bits per heavy atom. The summed E-state index contributed by atoms with van der Waals surface area (Å²) in [6.07, 6.45) is 1.89. The monoisotopic (exact) mass is 362 g/mol. The van der Waals surface area contributed by atoms with Crippen LogP contribution in [-0.4, -0.2) is 11.7 Å². The van der Waals surface area contributed by atoms with E-state index < -0.39 is 0 Å². The first-order valence-corrected chi connectivity index (χ1v) is 8.63. The van der Waals surface area contributed by atoms with E-state index in [1.165, 1.54) is 0 Å². The molecule has 4 heteroatoms. The first kappa shape index (κ1) is 17.8. The summed E-state index contributed by atoms with van der Waals surface area (Å²) in [5, 5.41) is 10.2. The van der Waals surface area contributed by atoms with Gasteiger partial charge in [0.1, 0.15) is 5.75 Å². The number of nitriles is 1. The maximum absolute atomic E-state index is 9.61. The molecule has 0 unspecified atom stereocenters. The van der Waals surface area contributed by atoms with Gasteiger partial charge in [0, 0.05) is 27.7 Å². The highest BCUT2D eigenvalue weighted by Gasteiger charge is 2.12. The fourth-order valence-corrected chi connectivity index (χ4v) is 3.31. The Bertz CT molecular complexity index is 1010. The molecule has 1 aromatic heterocycles. The molecule has 0 bridgehead atoms. The van der Waals surface area contributed by atoms with Crippen molar-refractivity contribution in [3.05, 3.63) is 82.1 Å². The molecule has 0 aliphatic rings. The Kier molecular flexibility index (Phi) is 5.16. The number of benzene rings is 2. The summed E-state index contributed by atoms with van der Waals surface area (Å²) >= 11 is 6.26. The molecular formula is C22H19ClN2O. The molecule has 0 atom stereocenters. The van der Waals surface area contributed by atoms with Crippen LogP contribution in [0.15, 0.2) is 54.6 Å². The fraction of sp³-hybridized carbons (Fsp3) is 0.136. The van der Waals surface area contributed by atoms with Crippen LogP contribution >= 0.6 is 11.6 Å². The summed E-state index contributed by atoms with van der Waals surface area (Å²) in [7, 11) is 1.65.